The molecule has 0 bridgehead atoms. The molecule has 1 aliphatic heterocycles. The zero-order valence-corrected chi connectivity index (χ0v) is 12.1. The predicted octanol–water partition coefficient (Wildman–Crippen LogP) is 2.65. The molecule has 112 valence electrons. The molecule has 1 amide bonds. The SMILES string of the molecule is O=C(c1n[nH]c2ccccc12)N1CCCCC1c1ccn[nH]1. The van der Waals surface area contributed by atoms with Gasteiger partial charge in [0.15, 0.2) is 5.69 Å². The highest BCUT2D eigenvalue weighted by Gasteiger charge is 2.31. The van der Waals surface area contributed by atoms with E-state index in [1.54, 1.807) is 6.20 Å². The lowest BCUT2D eigenvalue weighted by molar-refractivity contribution is 0.0602. The first kappa shape index (κ1) is 13.1. The number of amides is 1. The van der Waals surface area contributed by atoms with Gasteiger partial charge in [-0.25, -0.2) is 0 Å². The van der Waals surface area contributed by atoms with Crippen LogP contribution in [0.25, 0.3) is 10.9 Å². The number of para-hydroxylation sites is 1. The molecular formula is C16H17N5O. The Bertz CT molecular complexity index is 792. The molecule has 2 aromatic heterocycles. The molecule has 0 radical (unpaired) electrons. The minimum atomic E-state index is -0.0169. The second-order valence-electron chi connectivity index (χ2n) is 5.64. The predicted molar refractivity (Wildman–Crippen MR) is 82.3 cm³/mol. The molecule has 6 heteroatoms. The molecule has 4 rings (SSSR count). The first-order chi connectivity index (χ1) is 10.8. The van der Waals surface area contributed by atoms with Crippen molar-refractivity contribution in [1.29, 1.82) is 0 Å². The molecule has 1 aromatic carbocycles. The number of aromatic nitrogens is 4. The number of hydrogen-bond acceptors (Lipinski definition) is 3. The van der Waals surface area contributed by atoms with E-state index in [0.717, 1.165) is 42.4 Å². The van der Waals surface area contributed by atoms with Gasteiger partial charge in [-0.05, 0) is 31.4 Å². The van der Waals surface area contributed by atoms with Crippen LogP contribution in [-0.2, 0) is 0 Å². The van der Waals surface area contributed by atoms with Crippen molar-refractivity contribution in [1.82, 2.24) is 25.3 Å². The van der Waals surface area contributed by atoms with Crippen LogP contribution in [0.4, 0.5) is 0 Å². The van der Waals surface area contributed by atoms with Gasteiger partial charge >= 0.3 is 0 Å². The van der Waals surface area contributed by atoms with Gasteiger partial charge in [-0.2, -0.15) is 10.2 Å². The van der Waals surface area contributed by atoms with Crippen molar-refractivity contribution in [2.75, 3.05) is 6.54 Å². The van der Waals surface area contributed by atoms with E-state index in [2.05, 4.69) is 20.4 Å². The largest absolute Gasteiger partial charge is 0.329 e. The van der Waals surface area contributed by atoms with E-state index >= 15 is 0 Å². The van der Waals surface area contributed by atoms with Crippen molar-refractivity contribution in [3.05, 3.63) is 47.9 Å². The highest BCUT2D eigenvalue weighted by Crippen LogP contribution is 2.31. The van der Waals surface area contributed by atoms with Crippen LogP contribution < -0.4 is 0 Å². The van der Waals surface area contributed by atoms with Crippen molar-refractivity contribution in [2.24, 2.45) is 0 Å². The van der Waals surface area contributed by atoms with Gasteiger partial charge in [0.1, 0.15) is 0 Å². The van der Waals surface area contributed by atoms with Crippen molar-refractivity contribution in [2.45, 2.75) is 25.3 Å². The van der Waals surface area contributed by atoms with Crippen LogP contribution in [0.5, 0.6) is 0 Å². The number of H-pyrrole nitrogens is 2. The number of rotatable bonds is 2. The minimum Gasteiger partial charge on any atom is -0.329 e. The van der Waals surface area contributed by atoms with Crippen LogP contribution in [0.15, 0.2) is 36.5 Å². The summed E-state index contributed by atoms with van der Waals surface area (Å²) in [5, 5.41) is 15.1. The van der Waals surface area contributed by atoms with Crippen LogP contribution in [0.1, 0.15) is 41.5 Å². The van der Waals surface area contributed by atoms with E-state index in [1.807, 2.05) is 35.2 Å². The maximum absolute atomic E-state index is 13.0. The van der Waals surface area contributed by atoms with E-state index < -0.39 is 0 Å². The summed E-state index contributed by atoms with van der Waals surface area (Å²) in [4.78, 5) is 14.9. The fraction of sp³-hybridized carbons (Fsp3) is 0.312. The molecule has 22 heavy (non-hydrogen) atoms. The van der Waals surface area contributed by atoms with E-state index in [0.29, 0.717) is 5.69 Å². The fourth-order valence-corrected chi connectivity index (χ4v) is 3.21. The Kier molecular flexibility index (Phi) is 3.14. The average molecular weight is 295 g/mol. The number of fused-ring (bicyclic) bond motifs is 1. The second kappa shape index (κ2) is 5.29. The number of piperidine rings is 1. The van der Waals surface area contributed by atoms with Crippen LogP contribution in [0.2, 0.25) is 0 Å². The number of likely N-dealkylation sites (tertiary alicyclic amines) is 1. The summed E-state index contributed by atoms with van der Waals surface area (Å²) in [5.74, 6) is -0.0169. The van der Waals surface area contributed by atoms with E-state index in [9.17, 15) is 4.79 Å². The van der Waals surface area contributed by atoms with Crippen LogP contribution in [0.3, 0.4) is 0 Å². The molecule has 1 fully saturated rings. The Hall–Kier alpha value is -2.63. The standard InChI is InChI=1S/C16H17N5O/c22-16(15-11-5-1-2-6-12(11)19-20-15)21-10-4-3-7-14(21)13-8-9-17-18-13/h1-2,5-6,8-9,14H,3-4,7,10H2,(H,17,18)(H,19,20). The smallest absolute Gasteiger partial charge is 0.275 e. The average Bonchev–Trinajstić information content (AvgIpc) is 3.24. The van der Waals surface area contributed by atoms with Gasteiger partial charge in [-0.3, -0.25) is 15.0 Å². The Morgan fingerprint density at radius 2 is 2.09 bits per heavy atom. The van der Waals surface area contributed by atoms with Gasteiger partial charge in [-0.15, -0.1) is 0 Å². The third-order valence-corrected chi connectivity index (χ3v) is 4.32. The van der Waals surface area contributed by atoms with Gasteiger partial charge in [0.05, 0.1) is 17.3 Å². The summed E-state index contributed by atoms with van der Waals surface area (Å²) in [7, 11) is 0. The number of aromatic amines is 2. The lowest BCUT2D eigenvalue weighted by Crippen LogP contribution is -2.39. The van der Waals surface area contributed by atoms with Gasteiger partial charge in [0, 0.05) is 18.1 Å². The number of carbonyl (C=O) groups is 1. The number of carbonyl (C=O) groups excluding carboxylic acids is 1. The lowest BCUT2D eigenvalue weighted by Gasteiger charge is -2.34. The molecule has 0 spiro atoms. The maximum atomic E-state index is 13.0. The van der Waals surface area contributed by atoms with Crippen LogP contribution >= 0.6 is 0 Å². The lowest BCUT2D eigenvalue weighted by atomic mass is 9.98. The summed E-state index contributed by atoms with van der Waals surface area (Å²) in [6.45, 7) is 0.754. The quantitative estimate of drug-likeness (QED) is 0.763. The molecule has 1 aliphatic rings. The van der Waals surface area contributed by atoms with Crippen molar-refractivity contribution in [3.63, 3.8) is 0 Å². The van der Waals surface area contributed by atoms with E-state index in [4.69, 9.17) is 0 Å². The molecule has 2 N–H and O–H groups in total. The van der Waals surface area contributed by atoms with Crippen LogP contribution in [-0.4, -0.2) is 37.7 Å². The second-order valence-corrected chi connectivity index (χ2v) is 5.64. The van der Waals surface area contributed by atoms with Gasteiger partial charge in [0.25, 0.3) is 5.91 Å². The number of nitrogens with zero attached hydrogens (tertiary/aromatic N) is 3. The Morgan fingerprint density at radius 1 is 1.18 bits per heavy atom. The number of benzene rings is 1. The van der Waals surface area contributed by atoms with E-state index in [1.165, 1.54) is 0 Å². The Morgan fingerprint density at radius 3 is 2.95 bits per heavy atom. The Balaban J connectivity index is 1.71. The third kappa shape index (κ3) is 2.07. The molecule has 0 aliphatic carbocycles. The summed E-state index contributed by atoms with van der Waals surface area (Å²) >= 11 is 0. The molecule has 3 aromatic rings. The highest BCUT2D eigenvalue weighted by atomic mass is 16.2. The van der Waals surface area contributed by atoms with Gasteiger partial charge in [-0.1, -0.05) is 18.2 Å². The highest BCUT2D eigenvalue weighted by molar-refractivity contribution is 6.04. The maximum Gasteiger partial charge on any atom is 0.275 e. The molecule has 0 saturated carbocycles. The van der Waals surface area contributed by atoms with Crippen molar-refractivity contribution >= 4 is 16.8 Å². The van der Waals surface area contributed by atoms with Gasteiger partial charge < -0.3 is 4.90 Å². The summed E-state index contributed by atoms with van der Waals surface area (Å²) in [6, 6.07) is 9.72. The topological polar surface area (TPSA) is 77.7 Å². The van der Waals surface area contributed by atoms with E-state index in [-0.39, 0.29) is 11.9 Å². The molecule has 3 heterocycles. The monoisotopic (exact) mass is 295 g/mol. The van der Waals surface area contributed by atoms with Gasteiger partial charge in [0.2, 0.25) is 0 Å². The molecule has 1 saturated heterocycles. The first-order valence-electron chi connectivity index (χ1n) is 7.58. The summed E-state index contributed by atoms with van der Waals surface area (Å²) < 4.78 is 0. The number of nitrogens with one attached hydrogen (secondary N) is 2. The number of hydrogen-bond donors (Lipinski definition) is 2. The third-order valence-electron chi connectivity index (χ3n) is 4.32. The zero-order chi connectivity index (χ0) is 14.9. The van der Waals surface area contributed by atoms with Crippen molar-refractivity contribution < 1.29 is 4.79 Å². The van der Waals surface area contributed by atoms with Crippen LogP contribution in [0, 0.1) is 0 Å². The zero-order valence-electron chi connectivity index (χ0n) is 12.1. The van der Waals surface area contributed by atoms with Crippen molar-refractivity contribution in [3.8, 4) is 0 Å². The first-order valence-corrected chi connectivity index (χ1v) is 7.58. The Labute approximate surface area is 127 Å². The minimum absolute atomic E-state index is 0.0169. The normalized spacial score (nSPS) is 18.7. The molecule has 6 nitrogen and oxygen atoms in total. The summed E-state index contributed by atoms with van der Waals surface area (Å²) in [6.07, 6.45) is 4.83. The molecular weight excluding hydrogens is 278 g/mol. The summed E-state index contributed by atoms with van der Waals surface area (Å²) in [5.41, 5.74) is 2.39. The molecule has 1 unspecified atom stereocenters. The fourth-order valence-electron chi connectivity index (χ4n) is 3.21. The molecule has 1 atom stereocenters.